The Morgan fingerprint density at radius 1 is 1.15 bits per heavy atom. The van der Waals surface area contributed by atoms with Crippen molar-refractivity contribution in [2.45, 2.75) is 11.3 Å². The summed E-state index contributed by atoms with van der Waals surface area (Å²) >= 11 is 8.33. The molecule has 5 nitrogen and oxygen atoms in total. The number of rotatable bonds is 7. The van der Waals surface area contributed by atoms with E-state index in [9.17, 15) is 4.79 Å². The van der Waals surface area contributed by atoms with Gasteiger partial charge in [-0.1, -0.05) is 40.8 Å². The van der Waals surface area contributed by atoms with Gasteiger partial charge in [0, 0.05) is 0 Å². The molecule has 0 saturated heterocycles. The van der Waals surface area contributed by atoms with Crippen LogP contribution in [-0.2, 0) is 4.74 Å². The Kier molecular flexibility index (Phi) is 6.65. The molecule has 0 aliphatic carbocycles. The zero-order valence-electron chi connectivity index (χ0n) is 14.9. The van der Waals surface area contributed by atoms with Gasteiger partial charge >= 0.3 is 5.97 Å². The number of aryl methyl sites for hydroxylation is 1. The molecule has 2 aromatic carbocycles. The van der Waals surface area contributed by atoms with Crippen LogP contribution in [0.4, 0.5) is 0 Å². The number of esters is 1. The third kappa shape index (κ3) is 5.18. The van der Waals surface area contributed by atoms with E-state index in [-0.39, 0.29) is 12.6 Å². The average Bonchev–Trinajstić information content (AvgIpc) is 3.07. The molecule has 0 atom stereocenters. The zero-order chi connectivity index (χ0) is 19.2. The van der Waals surface area contributed by atoms with E-state index in [0.29, 0.717) is 16.1 Å². The van der Waals surface area contributed by atoms with E-state index in [1.165, 1.54) is 16.9 Å². The smallest absolute Gasteiger partial charge is 0.338 e. The number of thioether (sulfide) groups is 1. The molecule has 0 unspecified atom stereocenters. The highest BCUT2D eigenvalue weighted by atomic mass is 32.2. The highest BCUT2D eigenvalue weighted by molar-refractivity contribution is 8.00. The van der Waals surface area contributed by atoms with Crippen molar-refractivity contribution >= 4 is 41.3 Å². The second kappa shape index (κ2) is 9.16. The van der Waals surface area contributed by atoms with Gasteiger partial charge in [0.25, 0.3) is 0 Å². The predicted molar refractivity (Wildman–Crippen MR) is 111 cm³/mol. The minimum atomic E-state index is -0.388. The van der Waals surface area contributed by atoms with Crippen LogP contribution in [0.5, 0.6) is 5.75 Å². The molecule has 0 aliphatic rings. The molecule has 1 aromatic heterocycles. The van der Waals surface area contributed by atoms with Crippen LogP contribution < -0.4 is 4.74 Å². The Morgan fingerprint density at radius 3 is 2.48 bits per heavy atom. The zero-order valence-corrected chi connectivity index (χ0v) is 17.3. The Bertz CT molecular complexity index is 963. The highest BCUT2D eigenvalue weighted by Crippen LogP contribution is 2.22. The molecule has 0 amide bonds. The van der Waals surface area contributed by atoms with Crippen LogP contribution in [0, 0.1) is 10.9 Å². The van der Waals surface area contributed by atoms with Gasteiger partial charge in [0.15, 0.2) is 8.29 Å². The molecule has 1 heterocycles. The SMILES string of the molecule is CSc1nn(-c2ccc(C(=O)OCCOc3ccc(C)cc3)cc2)c(=S)s1. The van der Waals surface area contributed by atoms with Gasteiger partial charge in [-0.15, -0.1) is 5.10 Å². The number of nitrogens with zero attached hydrogens (tertiary/aromatic N) is 2. The van der Waals surface area contributed by atoms with E-state index < -0.39 is 0 Å². The molecule has 0 bridgehead atoms. The number of hydrogen-bond acceptors (Lipinski definition) is 7. The largest absolute Gasteiger partial charge is 0.490 e. The number of carbonyl (C=O) groups is 1. The fraction of sp³-hybridized carbons (Fsp3) is 0.211. The number of aromatic nitrogens is 2. The molecule has 0 radical (unpaired) electrons. The maximum Gasteiger partial charge on any atom is 0.338 e. The van der Waals surface area contributed by atoms with Crippen LogP contribution >= 0.6 is 35.3 Å². The van der Waals surface area contributed by atoms with Gasteiger partial charge in [0.1, 0.15) is 19.0 Å². The first-order valence-electron chi connectivity index (χ1n) is 8.18. The van der Waals surface area contributed by atoms with Crippen molar-refractivity contribution in [1.82, 2.24) is 9.78 Å². The third-order valence-electron chi connectivity index (χ3n) is 3.66. The molecule has 140 valence electrons. The standard InChI is InChI=1S/C19H18N2O3S3/c1-13-3-9-16(10-4-13)23-11-12-24-17(22)14-5-7-15(8-6-14)21-19(25)27-18(20-21)26-2/h3-10H,11-12H2,1-2H3. The van der Waals surface area contributed by atoms with Crippen LogP contribution in [0.25, 0.3) is 5.69 Å². The number of benzene rings is 2. The van der Waals surface area contributed by atoms with Crippen molar-refractivity contribution in [1.29, 1.82) is 0 Å². The van der Waals surface area contributed by atoms with Crippen molar-refractivity contribution in [3.63, 3.8) is 0 Å². The molecule has 0 fully saturated rings. The van der Waals surface area contributed by atoms with Crippen LogP contribution in [0.2, 0.25) is 0 Å². The molecular formula is C19H18N2O3S3. The molecule has 8 heteroatoms. The second-order valence-electron chi connectivity index (χ2n) is 5.59. The Balaban J connectivity index is 1.53. The van der Waals surface area contributed by atoms with Crippen LogP contribution in [0.15, 0.2) is 52.9 Å². The van der Waals surface area contributed by atoms with Crippen LogP contribution in [-0.4, -0.2) is 35.2 Å². The summed E-state index contributed by atoms with van der Waals surface area (Å²) in [7, 11) is 0. The summed E-state index contributed by atoms with van der Waals surface area (Å²) < 4.78 is 14.1. The maximum absolute atomic E-state index is 12.1. The molecular weight excluding hydrogens is 400 g/mol. The van der Waals surface area contributed by atoms with Gasteiger partial charge in [-0.2, -0.15) is 0 Å². The van der Waals surface area contributed by atoms with Gasteiger partial charge in [-0.3, -0.25) is 0 Å². The fourth-order valence-electron chi connectivity index (χ4n) is 2.26. The lowest BCUT2D eigenvalue weighted by atomic mass is 10.2. The number of carbonyl (C=O) groups excluding carboxylic acids is 1. The normalized spacial score (nSPS) is 10.6. The first kappa shape index (κ1) is 19.6. The Hall–Kier alpha value is -2.16. The van der Waals surface area contributed by atoms with Crippen molar-refractivity contribution in [3.05, 3.63) is 63.6 Å². The minimum absolute atomic E-state index is 0.183. The summed E-state index contributed by atoms with van der Waals surface area (Å²) in [5, 5.41) is 4.43. The summed E-state index contributed by atoms with van der Waals surface area (Å²) in [6.45, 7) is 2.50. The van der Waals surface area contributed by atoms with E-state index in [4.69, 9.17) is 21.7 Å². The van der Waals surface area contributed by atoms with Crippen molar-refractivity contribution in [3.8, 4) is 11.4 Å². The first-order valence-corrected chi connectivity index (χ1v) is 10.6. The Morgan fingerprint density at radius 2 is 1.85 bits per heavy atom. The van der Waals surface area contributed by atoms with E-state index in [1.54, 1.807) is 40.7 Å². The van der Waals surface area contributed by atoms with Crippen molar-refractivity contribution in [2.24, 2.45) is 0 Å². The molecule has 0 saturated carbocycles. The fourth-order valence-corrected chi connectivity index (χ4v) is 4.04. The van der Waals surface area contributed by atoms with E-state index in [0.717, 1.165) is 15.8 Å². The average molecular weight is 419 g/mol. The quantitative estimate of drug-likeness (QED) is 0.235. The third-order valence-corrected chi connectivity index (χ3v) is 5.87. The lowest BCUT2D eigenvalue weighted by molar-refractivity contribution is 0.0450. The topological polar surface area (TPSA) is 53.4 Å². The second-order valence-corrected chi connectivity index (χ2v) is 8.27. The summed E-state index contributed by atoms with van der Waals surface area (Å²) in [6.07, 6.45) is 1.96. The van der Waals surface area contributed by atoms with E-state index >= 15 is 0 Å². The molecule has 3 rings (SSSR count). The van der Waals surface area contributed by atoms with Gasteiger partial charge < -0.3 is 9.47 Å². The van der Waals surface area contributed by atoms with Crippen LogP contribution in [0.1, 0.15) is 15.9 Å². The highest BCUT2D eigenvalue weighted by Gasteiger charge is 2.09. The van der Waals surface area contributed by atoms with Crippen LogP contribution in [0.3, 0.4) is 0 Å². The molecule has 0 N–H and O–H groups in total. The van der Waals surface area contributed by atoms with E-state index in [2.05, 4.69) is 5.10 Å². The first-order chi connectivity index (χ1) is 13.1. The molecule has 27 heavy (non-hydrogen) atoms. The van der Waals surface area contributed by atoms with Crippen molar-refractivity contribution in [2.75, 3.05) is 19.5 Å². The number of ether oxygens (including phenoxy) is 2. The Labute approximate surface area is 170 Å². The van der Waals surface area contributed by atoms with Gasteiger partial charge in [-0.05, 0) is 61.8 Å². The summed E-state index contributed by atoms with van der Waals surface area (Å²) in [6, 6.07) is 14.7. The predicted octanol–water partition coefficient (Wildman–Crippen LogP) is 4.93. The molecule has 0 aliphatic heterocycles. The molecule has 3 aromatic rings. The van der Waals surface area contributed by atoms with Gasteiger partial charge in [-0.25, -0.2) is 9.48 Å². The summed E-state index contributed by atoms with van der Waals surface area (Å²) in [4.78, 5) is 12.1. The van der Waals surface area contributed by atoms with Gasteiger partial charge in [0.05, 0.1) is 11.3 Å². The minimum Gasteiger partial charge on any atom is -0.490 e. The van der Waals surface area contributed by atoms with E-state index in [1.807, 2.05) is 37.4 Å². The number of hydrogen-bond donors (Lipinski definition) is 0. The summed E-state index contributed by atoms with van der Waals surface area (Å²) in [5.41, 5.74) is 2.46. The molecule has 0 spiro atoms. The summed E-state index contributed by atoms with van der Waals surface area (Å²) in [5.74, 6) is 0.367. The lowest BCUT2D eigenvalue weighted by Crippen LogP contribution is -2.12. The monoisotopic (exact) mass is 418 g/mol. The maximum atomic E-state index is 12.1. The van der Waals surface area contributed by atoms with Gasteiger partial charge in [0.2, 0.25) is 0 Å². The van der Waals surface area contributed by atoms with Crippen molar-refractivity contribution < 1.29 is 14.3 Å². The lowest BCUT2D eigenvalue weighted by Gasteiger charge is -2.08.